The normalized spacial score (nSPS) is 9.72. The first-order valence-corrected chi connectivity index (χ1v) is 7.64. The van der Waals surface area contributed by atoms with Crippen molar-refractivity contribution in [1.82, 2.24) is 0 Å². The Hall–Kier alpha value is -0.420. The second-order valence-corrected chi connectivity index (χ2v) is 5.52. The van der Waals surface area contributed by atoms with E-state index in [2.05, 4.69) is 0 Å². The Bertz CT molecular complexity index is 339. The maximum absolute atomic E-state index is 10.3. The fourth-order valence-electron chi connectivity index (χ4n) is 0.813. The van der Waals surface area contributed by atoms with Gasteiger partial charge in [-0.3, -0.25) is 0 Å². The average molecular weight is 297 g/mol. The highest BCUT2D eigenvalue weighted by molar-refractivity contribution is 7.47. The van der Waals surface area contributed by atoms with E-state index in [9.17, 15) is 14.4 Å². The summed E-state index contributed by atoms with van der Waals surface area (Å²) < 4.78 is 10.3. The Morgan fingerprint density at radius 2 is 1.39 bits per heavy atom. The van der Waals surface area contributed by atoms with Gasteiger partial charge >= 0.3 is 0 Å². The third-order valence-corrected chi connectivity index (χ3v) is 2.29. The van der Waals surface area contributed by atoms with Crippen molar-refractivity contribution in [1.29, 1.82) is 0 Å². The zero-order valence-electron chi connectivity index (χ0n) is 11.2. The van der Waals surface area contributed by atoms with Crippen LogP contribution in [0.5, 0.6) is 0 Å². The first kappa shape index (κ1) is 19.9. The van der Waals surface area contributed by atoms with Crippen LogP contribution >= 0.6 is 19.2 Å². The van der Waals surface area contributed by atoms with Crippen LogP contribution in [0.3, 0.4) is 0 Å². The summed E-state index contributed by atoms with van der Waals surface area (Å²) >= 11 is 5.56. The fourth-order valence-corrected chi connectivity index (χ4v) is 1.60. The predicted molar refractivity (Wildman–Crippen MR) is 70.3 cm³/mol. The quantitative estimate of drug-likeness (QED) is 0.642. The van der Waals surface area contributed by atoms with Gasteiger partial charge in [-0.15, -0.1) is 0 Å². The molecular weight excluding hydrogens is 275 g/mol. The van der Waals surface area contributed by atoms with Gasteiger partial charge in [0.05, 0.1) is 28.2 Å². The number of hydrogen-bond acceptors (Lipinski definition) is 3. The molecule has 106 valence electrons. The van der Waals surface area contributed by atoms with E-state index in [0.29, 0.717) is 10.6 Å². The second-order valence-electron chi connectivity index (χ2n) is 3.55. The highest BCUT2D eigenvalue weighted by atomic mass is 35.5. The standard InChI is InChI=1S/C7H8ClO3P.2C2H7N/c8-7-3-1-6(2-4-7)5-12(9,10)11;2*1-3-2/h1-4H,5H2,(H2,9,10,11);2*3H,1-2H3. The smallest absolute Gasteiger partial charge is 0.0647 e. The molecule has 0 saturated heterocycles. The van der Waals surface area contributed by atoms with E-state index in [0.717, 1.165) is 0 Å². The molecule has 0 fully saturated rings. The molecule has 0 unspecified atom stereocenters. The van der Waals surface area contributed by atoms with Crippen molar-refractivity contribution >= 4 is 19.2 Å². The molecule has 5 nitrogen and oxygen atoms in total. The molecule has 4 N–H and O–H groups in total. The molecule has 0 aliphatic carbocycles. The summed E-state index contributed by atoms with van der Waals surface area (Å²) in [5.41, 5.74) is 0.465. The lowest BCUT2D eigenvalue weighted by molar-refractivity contribution is -0.597. The Kier molecular flexibility index (Phi) is 12.9. The minimum atomic E-state index is -4.45. The summed E-state index contributed by atoms with van der Waals surface area (Å²) in [7, 11) is 3.55. The lowest BCUT2D eigenvalue weighted by Crippen LogP contribution is -2.74. The van der Waals surface area contributed by atoms with Gasteiger partial charge in [-0.05, 0) is 17.7 Å². The van der Waals surface area contributed by atoms with Crippen LogP contribution in [0.15, 0.2) is 24.3 Å². The third-order valence-electron chi connectivity index (χ3n) is 1.29. The molecule has 1 aromatic carbocycles. The first-order chi connectivity index (χ1) is 8.30. The molecule has 0 bridgehead atoms. The molecule has 1 rings (SSSR count). The van der Waals surface area contributed by atoms with Crippen LogP contribution in [0.2, 0.25) is 5.02 Å². The first-order valence-electron chi connectivity index (χ1n) is 5.54. The van der Waals surface area contributed by atoms with Crippen molar-refractivity contribution in [3.05, 3.63) is 34.9 Å². The van der Waals surface area contributed by atoms with Gasteiger partial charge in [0.15, 0.2) is 0 Å². The molecule has 0 spiro atoms. The van der Waals surface area contributed by atoms with Crippen molar-refractivity contribution in [3.63, 3.8) is 0 Å². The van der Waals surface area contributed by atoms with E-state index < -0.39 is 13.8 Å². The Balaban J connectivity index is 0. The zero-order chi connectivity index (χ0) is 14.6. The van der Waals surface area contributed by atoms with Crippen molar-refractivity contribution in [2.24, 2.45) is 0 Å². The van der Waals surface area contributed by atoms with Crippen LogP contribution in [0.25, 0.3) is 0 Å². The van der Waals surface area contributed by atoms with Gasteiger partial charge in [0, 0.05) is 11.2 Å². The van der Waals surface area contributed by atoms with E-state index in [1.807, 2.05) is 38.8 Å². The summed E-state index contributed by atoms with van der Waals surface area (Å²) in [6.45, 7) is 0. The SMILES string of the molecule is C[NH2+]C.C[NH2+]C.O=P([O-])([O-])Cc1ccc(Cl)cc1. The minimum Gasteiger partial charge on any atom is -0.810 e. The fraction of sp³-hybridized carbons (Fsp3) is 0.455. The van der Waals surface area contributed by atoms with Crippen molar-refractivity contribution in [3.8, 4) is 0 Å². The minimum absolute atomic E-state index is 0.454. The van der Waals surface area contributed by atoms with Gasteiger partial charge in [0.1, 0.15) is 0 Å². The largest absolute Gasteiger partial charge is 0.810 e. The summed E-state index contributed by atoms with van der Waals surface area (Å²) in [6, 6.07) is 6.13. The van der Waals surface area contributed by atoms with Crippen molar-refractivity contribution in [2.75, 3.05) is 28.2 Å². The highest BCUT2D eigenvalue weighted by Crippen LogP contribution is 2.29. The number of nitrogens with two attached hydrogens (primary N) is 2. The summed E-state index contributed by atoms with van der Waals surface area (Å²) in [5, 5.41) is 4.52. The Morgan fingerprint density at radius 1 is 1.06 bits per heavy atom. The molecule has 0 amide bonds. The topological polar surface area (TPSA) is 96.4 Å². The van der Waals surface area contributed by atoms with E-state index in [1.54, 1.807) is 12.1 Å². The number of hydrogen-bond donors (Lipinski definition) is 2. The Morgan fingerprint density at radius 3 is 1.67 bits per heavy atom. The third kappa shape index (κ3) is 15.6. The van der Waals surface area contributed by atoms with Gasteiger partial charge in [0.25, 0.3) is 0 Å². The molecule has 0 atom stereocenters. The molecule has 0 saturated carbocycles. The summed E-state index contributed by atoms with van der Waals surface area (Å²) in [4.78, 5) is 20.6. The predicted octanol–water partition coefficient (Wildman–Crippen LogP) is -1.63. The molecule has 7 heteroatoms. The van der Waals surface area contributed by atoms with E-state index in [-0.39, 0.29) is 0 Å². The van der Waals surface area contributed by atoms with Crippen LogP contribution in [0.4, 0.5) is 0 Å². The maximum atomic E-state index is 10.3. The lowest BCUT2D eigenvalue weighted by Gasteiger charge is -2.29. The van der Waals surface area contributed by atoms with Gasteiger partial charge in [0.2, 0.25) is 0 Å². The summed E-state index contributed by atoms with van der Waals surface area (Å²) in [5.74, 6) is 0. The molecule has 1 aromatic rings. The lowest BCUT2D eigenvalue weighted by atomic mass is 10.2. The second kappa shape index (κ2) is 11.7. The Labute approximate surface area is 114 Å². The molecular formula is C11H22ClN2O3P. The van der Waals surface area contributed by atoms with Crippen LogP contribution in [-0.2, 0) is 10.7 Å². The monoisotopic (exact) mass is 296 g/mol. The van der Waals surface area contributed by atoms with Crippen LogP contribution < -0.4 is 20.4 Å². The number of halogens is 1. The number of quaternary nitrogens is 2. The molecule has 18 heavy (non-hydrogen) atoms. The molecule has 0 radical (unpaired) electrons. The van der Waals surface area contributed by atoms with Gasteiger partial charge < -0.3 is 25.0 Å². The average Bonchev–Trinajstić information content (AvgIpc) is 2.22. The molecule has 0 aliphatic heterocycles. The van der Waals surface area contributed by atoms with Crippen LogP contribution in [-0.4, -0.2) is 28.2 Å². The van der Waals surface area contributed by atoms with Gasteiger partial charge in [-0.25, -0.2) is 0 Å². The van der Waals surface area contributed by atoms with Crippen LogP contribution in [0.1, 0.15) is 5.56 Å². The maximum Gasteiger partial charge on any atom is 0.0647 e. The van der Waals surface area contributed by atoms with E-state index in [4.69, 9.17) is 11.6 Å². The number of rotatable bonds is 2. The highest BCUT2D eigenvalue weighted by Gasteiger charge is 1.95. The van der Waals surface area contributed by atoms with Gasteiger partial charge in [-0.1, -0.05) is 31.3 Å². The summed E-state index contributed by atoms with van der Waals surface area (Å²) in [6.07, 6.45) is -0.454. The molecule has 0 aromatic heterocycles. The van der Waals surface area contributed by atoms with E-state index in [1.165, 1.54) is 12.1 Å². The van der Waals surface area contributed by atoms with Crippen molar-refractivity contribution in [2.45, 2.75) is 6.16 Å². The number of benzene rings is 1. The van der Waals surface area contributed by atoms with Gasteiger partial charge in [-0.2, -0.15) is 0 Å². The molecule has 0 aliphatic rings. The molecule has 0 heterocycles. The van der Waals surface area contributed by atoms with E-state index >= 15 is 0 Å². The zero-order valence-corrected chi connectivity index (χ0v) is 12.9. The van der Waals surface area contributed by atoms with Crippen molar-refractivity contribution < 1.29 is 25.0 Å². The van der Waals surface area contributed by atoms with Crippen LogP contribution in [0, 0.1) is 0 Å².